The Hall–Kier alpha value is -2.51. The number of anilines is 1. The molecule has 0 saturated carbocycles. The van der Waals surface area contributed by atoms with Crippen molar-refractivity contribution in [3.63, 3.8) is 0 Å². The first-order valence-corrected chi connectivity index (χ1v) is 9.89. The van der Waals surface area contributed by atoms with E-state index in [0.29, 0.717) is 13.2 Å². The van der Waals surface area contributed by atoms with Crippen LogP contribution in [0.3, 0.4) is 0 Å². The zero-order chi connectivity index (χ0) is 18.6. The van der Waals surface area contributed by atoms with Gasteiger partial charge < -0.3 is 15.0 Å². The smallest absolute Gasteiger partial charge is 0.243 e. The number of amides is 1. The average molecular weight is 382 g/mol. The molecule has 3 heterocycles. The van der Waals surface area contributed by atoms with Crippen molar-refractivity contribution in [1.29, 1.82) is 0 Å². The van der Waals surface area contributed by atoms with Crippen LogP contribution in [0.15, 0.2) is 42.6 Å². The summed E-state index contributed by atoms with van der Waals surface area (Å²) in [6, 6.07) is 11.8. The molecule has 0 bridgehead atoms. The number of methoxy groups -OCH3 is 1. The van der Waals surface area contributed by atoms with E-state index in [1.807, 2.05) is 36.4 Å². The minimum Gasteiger partial charge on any atom is -0.380 e. The van der Waals surface area contributed by atoms with E-state index in [1.165, 1.54) is 0 Å². The van der Waals surface area contributed by atoms with Gasteiger partial charge in [-0.05, 0) is 24.5 Å². The Morgan fingerprint density at radius 2 is 2.19 bits per heavy atom. The van der Waals surface area contributed by atoms with Gasteiger partial charge in [0, 0.05) is 32.0 Å². The standard InChI is InChI=1S/C20H22N4O2S/c1-26-13-15-9-10-21-18-17(15)27-20(23-18)24-11-5-8-16(24)19(25)22-12-14-6-3-2-4-7-14/h2-4,6-7,9-10,16H,5,8,11-13H2,1H3,(H,22,25)/t16-/m1/s1. The van der Waals surface area contributed by atoms with Crippen molar-refractivity contribution >= 4 is 32.7 Å². The topological polar surface area (TPSA) is 67.4 Å². The fraction of sp³-hybridized carbons (Fsp3) is 0.350. The first-order valence-electron chi connectivity index (χ1n) is 9.08. The predicted molar refractivity (Wildman–Crippen MR) is 107 cm³/mol. The molecule has 1 aliphatic rings. The van der Waals surface area contributed by atoms with Gasteiger partial charge in [-0.1, -0.05) is 41.7 Å². The van der Waals surface area contributed by atoms with Crippen LogP contribution in [-0.4, -0.2) is 35.6 Å². The summed E-state index contributed by atoms with van der Waals surface area (Å²) >= 11 is 1.59. The molecule has 1 N–H and O–H groups in total. The second-order valence-electron chi connectivity index (χ2n) is 6.61. The van der Waals surface area contributed by atoms with Gasteiger partial charge in [0.2, 0.25) is 5.91 Å². The lowest BCUT2D eigenvalue weighted by atomic mass is 10.2. The molecule has 140 valence electrons. The number of ether oxygens (including phenoxy) is 1. The van der Waals surface area contributed by atoms with Crippen molar-refractivity contribution in [1.82, 2.24) is 15.3 Å². The van der Waals surface area contributed by atoms with Crippen molar-refractivity contribution in [3.8, 4) is 0 Å². The number of nitrogens with zero attached hydrogens (tertiary/aromatic N) is 3. The number of hydrogen-bond donors (Lipinski definition) is 1. The molecule has 0 spiro atoms. The maximum Gasteiger partial charge on any atom is 0.243 e. The highest BCUT2D eigenvalue weighted by Gasteiger charge is 2.32. The Kier molecular flexibility index (Phi) is 5.31. The largest absolute Gasteiger partial charge is 0.380 e. The number of benzene rings is 1. The van der Waals surface area contributed by atoms with Gasteiger partial charge in [-0.3, -0.25) is 4.79 Å². The molecule has 1 aromatic carbocycles. The Morgan fingerprint density at radius 3 is 3.00 bits per heavy atom. The predicted octanol–water partition coefficient (Wildman–Crippen LogP) is 3.12. The summed E-state index contributed by atoms with van der Waals surface area (Å²) in [5, 5.41) is 3.93. The first-order chi connectivity index (χ1) is 13.3. The van der Waals surface area contributed by atoms with E-state index in [0.717, 1.165) is 46.0 Å². The van der Waals surface area contributed by atoms with Crippen LogP contribution in [0.5, 0.6) is 0 Å². The number of nitrogens with one attached hydrogen (secondary N) is 1. The normalized spacial score (nSPS) is 16.8. The number of thiazole rings is 1. The van der Waals surface area contributed by atoms with Crippen molar-refractivity contribution in [2.45, 2.75) is 32.0 Å². The van der Waals surface area contributed by atoms with Gasteiger partial charge in [-0.15, -0.1) is 0 Å². The number of rotatable bonds is 6. The molecule has 0 aliphatic carbocycles. The third kappa shape index (κ3) is 3.79. The van der Waals surface area contributed by atoms with Crippen molar-refractivity contribution < 1.29 is 9.53 Å². The number of pyridine rings is 1. The number of hydrogen-bond acceptors (Lipinski definition) is 6. The van der Waals surface area contributed by atoms with Gasteiger partial charge >= 0.3 is 0 Å². The van der Waals surface area contributed by atoms with Crippen LogP contribution in [0.1, 0.15) is 24.0 Å². The summed E-state index contributed by atoms with van der Waals surface area (Å²) in [7, 11) is 1.68. The van der Waals surface area contributed by atoms with Crippen molar-refractivity contribution in [2.24, 2.45) is 0 Å². The number of carbonyl (C=O) groups is 1. The van der Waals surface area contributed by atoms with E-state index in [9.17, 15) is 4.79 Å². The SMILES string of the molecule is COCc1ccnc2nc(N3CCC[C@@H]3C(=O)NCc3ccccc3)sc12. The molecular formula is C20H22N4O2S. The van der Waals surface area contributed by atoms with Crippen LogP contribution in [0.4, 0.5) is 5.13 Å². The maximum atomic E-state index is 12.8. The van der Waals surface area contributed by atoms with Crippen LogP contribution in [0.25, 0.3) is 10.3 Å². The van der Waals surface area contributed by atoms with Gasteiger partial charge in [-0.2, -0.15) is 4.98 Å². The third-order valence-corrected chi connectivity index (χ3v) is 5.93. The highest BCUT2D eigenvalue weighted by atomic mass is 32.1. The average Bonchev–Trinajstić information content (AvgIpc) is 3.34. The number of fused-ring (bicyclic) bond motifs is 1. The Balaban J connectivity index is 1.51. The van der Waals surface area contributed by atoms with Crippen LogP contribution in [0.2, 0.25) is 0 Å². The fourth-order valence-corrected chi connectivity index (χ4v) is 4.53. The summed E-state index contributed by atoms with van der Waals surface area (Å²) in [5.74, 6) is 0.0562. The van der Waals surface area contributed by atoms with Crippen molar-refractivity contribution in [3.05, 3.63) is 53.7 Å². The second-order valence-corrected chi connectivity index (χ2v) is 7.58. The molecule has 27 heavy (non-hydrogen) atoms. The van der Waals surface area contributed by atoms with Gasteiger partial charge in [-0.25, -0.2) is 4.98 Å². The molecule has 1 aliphatic heterocycles. The van der Waals surface area contributed by atoms with E-state index in [-0.39, 0.29) is 11.9 Å². The second kappa shape index (κ2) is 8.02. The zero-order valence-electron chi connectivity index (χ0n) is 15.2. The minimum atomic E-state index is -0.180. The van der Waals surface area contributed by atoms with Gasteiger partial charge in [0.05, 0.1) is 11.3 Å². The van der Waals surface area contributed by atoms with Gasteiger partial charge in [0.15, 0.2) is 10.8 Å². The Morgan fingerprint density at radius 1 is 1.33 bits per heavy atom. The third-order valence-electron chi connectivity index (χ3n) is 4.77. The lowest BCUT2D eigenvalue weighted by Crippen LogP contribution is -2.43. The molecule has 1 amide bonds. The lowest BCUT2D eigenvalue weighted by Gasteiger charge is -2.23. The summed E-state index contributed by atoms with van der Waals surface area (Å²) in [6.45, 7) is 1.91. The molecule has 6 nitrogen and oxygen atoms in total. The first kappa shape index (κ1) is 17.9. The van der Waals surface area contributed by atoms with E-state index in [1.54, 1.807) is 24.6 Å². The summed E-state index contributed by atoms with van der Waals surface area (Å²) in [4.78, 5) is 24.0. The molecule has 1 atom stereocenters. The molecule has 0 radical (unpaired) electrons. The molecule has 7 heteroatoms. The zero-order valence-corrected chi connectivity index (χ0v) is 16.0. The van der Waals surface area contributed by atoms with E-state index >= 15 is 0 Å². The highest BCUT2D eigenvalue weighted by molar-refractivity contribution is 7.22. The summed E-state index contributed by atoms with van der Waals surface area (Å²) in [5.41, 5.74) is 2.90. The maximum absolute atomic E-state index is 12.8. The van der Waals surface area contributed by atoms with Crippen molar-refractivity contribution in [2.75, 3.05) is 18.6 Å². The number of aromatic nitrogens is 2. The van der Waals surface area contributed by atoms with E-state index in [4.69, 9.17) is 4.74 Å². The fourth-order valence-electron chi connectivity index (χ4n) is 3.43. The summed E-state index contributed by atoms with van der Waals surface area (Å²) < 4.78 is 6.31. The molecule has 2 aromatic heterocycles. The monoisotopic (exact) mass is 382 g/mol. The molecule has 0 unspecified atom stereocenters. The quantitative estimate of drug-likeness (QED) is 0.709. The number of carbonyl (C=O) groups excluding carboxylic acids is 1. The van der Waals surface area contributed by atoms with E-state index in [2.05, 4.69) is 20.2 Å². The Bertz CT molecular complexity index is 928. The van der Waals surface area contributed by atoms with Gasteiger partial charge in [0.25, 0.3) is 0 Å². The van der Waals surface area contributed by atoms with Crippen LogP contribution < -0.4 is 10.2 Å². The van der Waals surface area contributed by atoms with Gasteiger partial charge in [0.1, 0.15) is 6.04 Å². The summed E-state index contributed by atoms with van der Waals surface area (Å²) in [6.07, 6.45) is 3.58. The molecule has 4 rings (SSSR count). The van der Waals surface area contributed by atoms with Crippen LogP contribution >= 0.6 is 11.3 Å². The van der Waals surface area contributed by atoms with Crippen LogP contribution in [-0.2, 0) is 22.7 Å². The minimum absolute atomic E-state index is 0.0562. The molecule has 1 saturated heterocycles. The molecule has 1 fully saturated rings. The molecular weight excluding hydrogens is 360 g/mol. The lowest BCUT2D eigenvalue weighted by molar-refractivity contribution is -0.122. The highest BCUT2D eigenvalue weighted by Crippen LogP contribution is 2.34. The Labute approximate surface area is 162 Å². The van der Waals surface area contributed by atoms with E-state index < -0.39 is 0 Å². The van der Waals surface area contributed by atoms with Crippen LogP contribution in [0, 0.1) is 0 Å². The molecule has 3 aromatic rings.